The van der Waals surface area contributed by atoms with Gasteiger partial charge in [-0.2, -0.15) is 0 Å². The van der Waals surface area contributed by atoms with Crippen LogP contribution in [0.5, 0.6) is 0 Å². The summed E-state index contributed by atoms with van der Waals surface area (Å²) in [6.07, 6.45) is 0.0456. The van der Waals surface area contributed by atoms with Crippen LogP contribution in [-0.4, -0.2) is 89.0 Å². The number of carbonyl (C=O) groups is 6. The first-order chi connectivity index (χ1) is 17.8. The van der Waals surface area contributed by atoms with E-state index in [2.05, 4.69) is 20.9 Å². The highest BCUT2D eigenvalue weighted by molar-refractivity contribution is 5.95. The maximum atomic E-state index is 13.0. The number of nitrogens with zero attached hydrogens (tertiary/aromatic N) is 1. The van der Waals surface area contributed by atoms with Gasteiger partial charge in [-0.1, -0.05) is 0 Å². The summed E-state index contributed by atoms with van der Waals surface area (Å²) in [7, 11) is 0. The van der Waals surface area contributed by atoms with Crippen molar-refractivity contribution in [1.29, 1.82) is 0 Å². The fourth-order valence-electron chi connectivity index (χ4n) is 3.16. The first-order valence-corrected chi connectivity index (χ1v) is 11.9. The monoisotopic (exact) mass is 545 g/mol. The third-order valence-corrected chi connectivity index (χ3v) is 5.19. The second kappa shape index (κ2) is 18.3. The predicted molar refractivity (Wildman–Crippen MR) is 135 cm³/mol. The molecular weight excluding hydrogens is 506 g/mol. The predicted octanol–water partition coefficient (Wildman–Crippen LogP) is -4.22. The van der Waals surface area contributed by atoms with Crippen LogP contribution >= 0.6 is 0 Å². The van der Waals surface area contributed by atoms with E-state index in [-0.39, 0.29) is 38.2 Å². The van der Waals surface area contributed by atoms with Gasteiger partial charge in [-0.3, -0.25) is 29.0 Å². The van der Waals surface area contributed by atoms with Crippen molar-refractivity contribution in [2.75, 3.05) is 13.1 Å². The molecule has 0 spiro atoms. The van der Waals surface area contributed by atoms with Gasteiger partial charge >= 0.3 is 11.9 Å². The molecule has 0 saturated heterocycles. The van der Waals surface area contributed by atoms with E-state index < -0.39 is 66.2 Å². The van der Waals surface area contributed by atoms with E-state index >= 15 is 0 Å². The molecule has 216 valence electrons. The second-order valence-electron chi connectivity index (χ2n) is 8.46. The number of rotatable bonds is 20. The number of amides is 4. The first kappa shape index (κ1) is 34.0. The van der Waals surface area contributed by atoms with Crippen LogP contribution in [0.15, 0.2) is 4.99 Å². The molecule has 17 nitrogen and oxygen atoms in total. The van der Waals surface area contributed by atoms with E-state index in [0.29, 0.717) is 25.8 Å². The maximum absolute atomic E-state index is 13.0. The Kier molecular flexibility index (Phi) is 16.4. The van der Waals surface area contributed by atoms with Gasteiger partial charge in [0.05, 0.1) is 12.5 Å². The van der Waals surface area contributed by atoms with Crippen LogP contribution in [0.3, 0.4) is 0 Å². The number of carboxylic acid groups (broad SMARTS) is 2. The lowest BCUT2D eigenvalue weighted by Crippen LogP contribution is -2.57. The van der Waals surface area contributed by atoms with Crippen molar-refractivity contribution in [1.82, 2.24) is 16.0 Å². The van der Waals surface area contributed by atoms with Crippen LogP contribution in [-0.2, 0) is 28.8 Å². The molecule has 0 aliphatic rings. The molecule has 38 heavy (non-hydrogen) atoms. The Morgan fingerprint density at radius 1 is 0.737 bits per heavy atom. The van der Waals surface area contributed by atoms with Gasteiger partial charge in [0.1, 0.15) is 18.1 Å². The third-order valence-electron chi connectivity index (χ3n) is 5.19. The SMILES string of the molecule is NCCCCC(NC(=O)C(N)CCCN=C(N)N)C(=O)NC(CC(=O)O)C(=O)NC(CCC(N)=O)C(=O)O. The lowest BCUT2D eigenvalue weighted by Gasteiger charge is -2.24. The van der Waals surface area contributed by atoms with Gasteiger partial charge in [-0.25, -0.2) is 4.79 Å². The van der Waals surface area contributed by atoms with E-state index in [9.17, 15) is 39.0 Å². The molecule has 0 heterocycles. The Morgan fingerprint density at radius 3 is 1.84 bits per heavy atom. The zero-order chi connectivity index (χ0) is 29.3. The van der Waals surface area contributed by atoms with Crippen LogP contribution in [0.1, 0.15) is 51.4 Å². The highest BCUT2D eigenvalue weighted by Gasteiger charge is 2.31. The molecule has 0 aliphatic carbocycles. The summed E-state index contributed by atoms with van der Waals surface area (Å²) in [5, 5.41) is 25.3. The Balaban J connectivity index is 5.47. The molecule has 0 rings (SSSR count). The average molecular weight is 546 g/mol. The van der Waals surface area contributed by atoms with Gasteiger partial charge in [-0.15, -0.1) is 0 Å². The molecule has 4 atom stereocenters. The number of guanidine groups is 1. The third kappa shape index (κ3) is 15.2. The summed E-state index contributed by atoms with van der Waals surface area (Å²) in [5.41, 5.74) is 26.8. The molecule has 0 aliphatic heterocycles. The van der Waals surface area contributed by atoms with Crippen molar-refractivity contribution in [3.05, 3.63) is 0 Å². The minimum absolute atomic E-state index is 0.104. The molecule has 17 heteroatoms. The number of aliphatic carboxylic acids is 2. The molecule has 0 aromatic heterocycles. The van der Waals surface area contributed by atoms with Gasteiger partial charge < -0.3 is 54.8 Å². The van der Waals surface area contributed by atoms with Crippen molar-refractivity contribution in [2.24, 2.45) is 33.7 Å². The zero-order valence-electron chi connectivity index (χ0n) is 21.1. The molecule has 0 aromatic carbocycles. The van der Waals surface area contributed by atoms with E-state index in [4.69, 9.17) is 28.7 Å². The number of hydrogen-bond donors (Lipinski definition) is 10. The number of hydrogen-bond acceptors (Lipinski definition) is 9. The standard InChI is InChI=1S/C21H39N9O8/c22-8-2-1-5-12(28-17(34)11(23)4-3-9-27-21(25)26)18(35)30-14(10-16(32)33)19(36)29-13(20(37)38)6-7-15(24)31/h11-14H,1-10,22-23H2,(H2,24,31)(H,28,34)(H,29,36)(H,30,35)(H,32,33)(H,37,38)(H4,25,26,27). The number of nitrogens with one attached hydrogen (secondary N) is 3. The Bertz CT molecular complexity index is 864. The molecule has 0 bridgehead atoms. The van der Waals surface area contributed by atoms with E-state index in [0.717, 1.165) is 0 Å². The summed E-state index contributed by atoms with van der Waals surface area (Å²) < 4.78 is 0. The number of nitrogens with two attached hydrogens (primary N) is 5. The van der Waals surface area contributed by atoms with Crippen LogP contribution in [0.4, 0.5) is 0 Å². The van der Waals surface area contributed by atoms with Crippen molar-refractivity contribution >= 4 is 41.5 Å². The quantitative estimate of drug-likeness (QED) is 0.0395. The summed E-state index contributed by atoms with van der Waals surface area (Å²) in [5.74, 6) is -6.51. The zero-order valence-corrected chi connectivity index (χ0v) is 21.1. The Hall–Kier alpha value is -3.99. The number of carboxylic acids is 2. The van der Waals surface area contributed by atoms with Crippen LogP contribution in [0.2, 0.25) is 0 Å². The fraction of sp³-hybridized carbons (Fsp3) is 0.667. The van der Waals surface area contributed by atoms with Gasteiger partial charge in [0.15, 0.2) is 5.96 Å². The normalized spacial score (nSPS) is 13.7. The number of aliphatic imine (C=N–C) groups is 1. The molecule has 0 aromatic rings. The fourth-order valence-corrected chi connectivity index (χ4v) is 3.16. The molecule has 0 fully saturated rings. The molecule has 4 amide bonds. The summed E-state index contributed by atoms with van der Waals surface area (Å²) >= 11 is 0. The van der Waals surface area contributed by atoms with Gasteiger partial charge in [0.25, 0.3) is 0 Å². The summed E-state index contributed by atoms with van der Waals surface area (Å²) in [4.78, 5) is 75.7. The summed E-state index contributed by atoms with van der Waals surface area (Å²) in [6, 6.07) is -5.43. The van der Waals surface area contributed by atoms with Crippen molar-refractivity contribution in [2.45, 2.75) is 75.5 Å². The molecule has 0 saturated carbocycles. The molecule has 15 N–H and O–H groups in total. The van der Waals surface area contributed by atoms with Crippen LogP contribution < -0.4 is 44.6 Å². The number of carbonyl (C=O) groups excluding carboxylic acids is 4. The van der Waals surface area contributed by atoms with E-state index in [1.165, 1.54) is 0 Å². The van der Waals surface area contributed by atoms with Gasteiger partial charge in [0, 0.05) is 13.0 Å². The minimum Gasteiger partial charge on any atom is -0.481 e. The topological polar surface area (TPSA) is 321 Å². The van der Waals surface area contributed by atoms with Gasteiger partial charge in [-0.05, 0) is 45.1 Å². The van der Waals surface area contributed by atoms with Gasteiger partial charge in [0.2, 0.25) is 23.6 Å². The minimum atomic E-state index is -1.68. The largest absolute Gasteiger partial charge is 0.481 e. The average Bonchev–Trinajstić information content (AvgIpc) is 2.82. The van der Waals surface area contributed by atoms with Crippen molar-refractivity contribution in [3.63, 3.8) is 0 Å². The number of unbranched alkanes of at least 4 members (excludes halogenated alkanes) is 1. The highest BCUT2D eigenvalue weighted by Crippen LogP contribution is 2.06. The van der Waals surface area contributed by atoms with Crippen molar-refractivity contribution < 1.29 is 39.0 Å². The van der Waals surface area contributed by atoms with Crippen LogP contribution in [0, 0.1) is 0 Å². The molecule has 4 unspecified atom stereocenters. The lowest BCUT2D eigenvalue weighted by molar-refractivity contribution is -0.143. The summed E-state index contributed by atoms with van der Waals surface area (Å²) in [6.45, 7) is 0.561. The van der Waals surface area contributed by atoms with E-state index in [1.54, 1.807) is 0 Å². The smallest absolute Gasteiger partial charge is 0.326 e. The lowest BCUT2D eigenvalue weighted by atomic mass is 10.1. The maximum Gasteiger partial charge on any atom is 0.326 e. The molecular formula is C21H39N9O8. The first-order valence-electron chi connectivity index (χ1n) is 11.9. The van der Waals surface area contributed by atoms with Crippen molar-refractivity contribution in [3.8, 4) is 0 Å². The van der Waals surface area contributed by atoms with E-state index in [1.807, 2.05) is 0 Å². The highest BCUT2D eigenvalue weighted by atomic mass is 16.4. The van der Waals surface area contributed by atoms with Crippen LogP contribution in [0.25, 0.3) is 0 Å². The molecule has 0 radical (unpaired) electrons. The Labute approximate surface area is 219 Å². The number of primary amides is 1. The Morgan fingerprint density at radius 2 is 1.32 bits per heavy atom. The second-order valence-corrected chi connectivity index (χ2v) is 8.46.